The van der Waals surface area contributed by atoms with Crippen LogP contribution in [0.5, 0.6) is 0 Å². The van der Waals surface area contributed by atoms with Gasteiger partial charge in [0.25, 0.3) is 0 Å². The lowest BCUT2D eigenvalue weighted by Gasteiger charge is -1.98. The molecule has 70 valence electrons. The summed E-state index contributed by atoms with van der Waals surface area (Å²) in [7, 11) is 1.88. The number of hydrogen-bond donors (Lipinski definition) is 0. The highest BCUT2D eigenvalue weighted by atomic mass is 35.5. The van der Waals surface area contributed by atoms with Crippen LogP contribution in [0.25, 0.3) is 11.3 Å². The van der Waals surface area contributed by atoms with Crippen LogP contribution in [-0.4, -0.2) is 9.78 Å². The van der Waals surface area contributed by atoms with Gasteiger partial charge in [-0.25, -0.2) is 0 Å². The van der Waals surface area contributed by atoms with E-state index < -0.39 is 0 Å². The van der Waals surface area contributed by atoms with Gasteiger partial charge in [-0.1, -0.05) is 35.9 Å². The molecule has 0 bridgehead atoms. The Morgan fingerprint density at radius 1 is 1.36 bits per heavy atom. The average Bonchev–Trinajstić information content (AvgIpc) is 2.67. The third kappa shape index (κ3) is 0.891. The number of benzene rings is 1. The molecule has 1 aliphatic rings. The van der Waals surface area contributed by atoms with Crippen molar-refractivity contribution in [2.75, 3.05) is 0 Å². The summed E-state index contributed by atoms with van der Waals surface area (Å²) in [6.07, 6.45) is 0.915. The van der Waals surface area contributed by atoms with Gasteiger partial charge in [-0.3, -0.25) is 4.68 Å². The van der Waals surface area contributed by atoms with Gasteiger partial charge in [-0.15, -0.1) is 0 Å². The summed E-state index contributed by atoms with van der Waals surface area (Å²) in [6.45, 7) is 0. The van der Waals surface area contributed by atoms with Crippen molar-refractivity contribution in [2.24, 2.45) is 7.05 Å². The van der Waals surface area contributed by atoms with Crippen molar-refractivity contribution in [3.63, 3.8) is 0 Å². The number of aromatic nitrogens is 2. The molecule has 0 saturated carbocycles. The molecule has 0 amide bonds. The Hall–Kier alpha value is -1.28. The maximum absolute atomic E-state index is 6.14. The van der Waals surface area contributed by atoms with Crippen LogP contribution in [-0.2, 0) is 13.5 Å². The van der Waals surface area contributed by atoms with Gasteiger partial charge in [0.15, 0.2) is 0 Å². The molecule has 2 nitrogen and oxygen atoms in total. The lowest BCUT2D eigenvalue weighted by atomic mass is 10.1. The molecule has 0 unspecified atom stereocenters. The second kappa shape index (κ2) is 2.61. The lowest BCUT2D eigenvalue weighted by molar-refractivity contribution is 0.769. The lowest BCUT2D eigenvalue weighted by Crippen LogP contribution is -1.92. The molecule has 0 radical (unpaired) electrons. The van der Waals surface area contributed by atoms with Gasteiger partial charge in [0.05, 0.1) is 5.69 Å². The van der Waals surface area contributed by atoms with E-state index in [0.717, 1.165) is 22.8 Å². The number of fused-ring (bicyclic) bond motifs is 3. The van der Waals surface area contributed by atoms with Crippen molar-refractivity contribution in [1.29, 1.82) is 0 Å². The van der Waals surface area contributed by atoms with E-state index in [9.17, 15) is 0 Å². The molecule has 1 aromatic carbocycles. The summed E-state index contributed by atoms with van der Waals surface area (Å²) in [5, 5.41) is 5.18. The molecule has 0 aliphatic heterocycles. The topological polar surface area (TPSA) is 17.8 Å². The van der Waals surface area contributed by atoms with Crippen molar-refractivity contribution in [3.8, 4) is 11.3 Å². The quantitative estimate of drug-likeness (QED) is 0.551. The third-order valence-electron chi connectivity index (χ3n) is 2.71. The van der Waals surface area contributed by atoms with Crippen LogP contribution in [0.3, 0.4) is 0 Å². The van der Waals surface area contributed by atoms with E-state index in [0.29, 0.717) is 0 Å². The van der Waals surface area contributed by atoms with E-state index in [4.69, 9.17) is 11.6 Å². The average molecular weight is 205 g/mol. The van der Waals surface area contributed by atoms with Gasteiger partial charge in [0.1, 0.15) is 5.15 Å². The zero-order chi connectivity index (χ0) is 9.71. The Bertz CT molecular complexity index is 514. The number of halogens is 1. The monoisotopic (exact) mass is 204 g/mol. The second-order valence-corrected chi connectivity index (χ2v) is 3.93. The zero-order valence-electron chi connectivity index (χ0n) is 7.79. The van der Waals surface area contributed by atoms with Crippen LogP contribution in [0.15, 0.2) is 24.3 Å². The SMILES string of the molecule is Cn1nc2c(c1Cl)Cc1ccccc1-2. The van der Waals surface area contributed by atoms with Gasteiger partial charge in [-0.05, 0) is 5.56 Å². The summed E-state index contributed by atoms with van der Waals surface area (Å²) >= 11 is 6.14. The van der Waals surface area contributed by atoms with Gasteiger partial charge >= 0.3 is 0 Å². The Balaban J connectivity index is 2.31. The fourth-order valence-corrected chi connectivity index (χ4v) is 2.21. The third-order valence-corrected chi connectivity index (χ3v) is 3.18. The van der Waals surface area contributed by atoms with E-state index in [-0.39, 0.29) is 0 Å². The molecular weight excluding hydrogens is 196 g/mol. The van der Waals surface area contributed by atoms with Crippen molar-refractivity contribution in [2.45, 2.75) is 6.42 Å². The molecule has 14 heavy (non-hydrogen) atoms. The minimum Gasteiger partial charge on any atom is -0.256 e. The highest BCUT2D eigenvalue weighted by molar-refractivity contribution is 6.31. The first-order valence-corrected chi connectivity index (χ1v) is 4.95. The van der Waals surface area contributed by atoms with E-state index in [2.05, 4.69) is 23.3 Å². The fraction of sp³-hybridized carbons (Fsp3) is 0.182. The molecule has 0 atom stereocenters. The molecular formula is C11H9ClN2. The molecule has 0 N–H and O–H groups in total. The minimum atomic E-state index is 0.760. The second-order valence-electron chi connectivity index (χ2n) is 3.58. The number of rotatable bonds is 0. The number of aryl methyl sites for hydroxylation is 1. The summed E-state index contributed by atoms with van der Waals surface area (Å²) < 4.78 is 1.74. The van der Waals surface area contributed by atoms with Crippen molar-refractivity contribution in [3.05, 3.63) is 40.5 Å². The molecule has 2 aromatic rings. The van der Waals surface area contributed by atoms with Crippen LogP contribution in [0.1, 0.15) is 11.1 Å². The highest BCUT2D eigenvalue weighted by Crippen LogP contribution is 2.38. The first-order chi connectivity index (χ1) is 6.77. The Morgan fingerprint density at radius 3 is 3.00 bits per heavy atom. The van der Waals surface area contributed by atoms with E-state index >= 15 is 0 Å². The molecule has 1 heterocycles. The molecule has 0 saturated heterocycles. The normalized spacial score (nSPS) is 12.7. The number of nitrogens with zero attached hydrogens (tertiary/aromatic N) is 2. The van der Waals surface area contributed by atoms with E-state index in [1.165, 1.54) is 11.1 Å². The molecule has 0 fully saturated rings. The predicted octanol–water partition coefficient (Wildman–Crippen LogP) is 2.64. The molecule has 0 spiro atoms. The zero-order valence-corrected chi connectivity index (χ0v) is 8.54. The first kappa shape index (κ1) is 8.06. The predicted molar refractivity (Wildman–Crippen MR) is 56.5 cm³/mol. The van der Waals surface area contributed by atoms with Crippen LogP contribution < -0.4 is 0 Å². The van der Waals surface area contributed by atoms with Gasteiger partial charge in [-0.2, -0.15) is 5.10 Å². The summed E-state index contributed by atoms with van der Waals surface area (Å²) in [6, 6.07) is 8.33. The Morgan fingerprint density at radius 2 is 2.14 bits per heavy atom. The highest BCUT2D eigenvalue weighted by Gasteiger charge is 2.24. The van der Waals surface area contributed by atoms with E-state index in [1.54, 1.807) is 4.68 Å². The van der Waals surface area contributed by atoms with Gasteiger partial charge < -0.3 is 0 Å². The molecule has 3 heteroatoms. The van der Waals surface area contributed by atoms with Crippen molar-refractivity contribution < 1.29 is 0 Å². The Labute approximate surface area is 87.1 Å². The Kier molecular flexibility index (Phi) is 1.50. The summed E-state index contributed by atoms with van der Waals surface area (Å²) in [4.78, 5) is 0. The maximum atomic E-state index is 6.14. The first-order valence-electron chi connectivity index (χ1n) is 4.57. The van der Waals surface area contributed by atoms with Crippen molar-refractivity contribution >= 4 is 11.6 Å². The number of hydrogen-bond acceptors (Lipinski definition) is 1. The minimum absolute atomic E-state index is 0.760. The van der Waals surface area contributed by atoms with Gasteiger partial charge in [0.2, 0.25) is 0 Å². The van der Waals surface area contributed by atoms with Crippen LogP contribution in [0.2, 0.25) is 5.15 Å². The maximum Gasteiger partial charge on any atom is 0.130 e. The largest absolute Gasteiger partial charge is 0.256 e. The fourth-order valence-electron chi connectivity index (χ4n) is 2.02. The molecule has 3 rings (SSSR count). The summed E-state index contributed by atoms with van der Waals surface area (Å²) in [5.41, 5.74) is 4.76. The van der Waals surface area contributed by atoms with Crippen LogP contribution in [0.4, 0.5) is 0 Å². The molecule has 1 aliphatic carbocycles. The van der Waals surface area contributed by atoms with Gasteiger partial charge in [0, 0.05) is 24.6 Å². The summed E-state index contributed by atoms with van der Waals surface area (Å²) in [5.74, 6) is 0. The standard InChI is InChI=1S/C11H9ClN2/c1-14-11(12)9-6-7-4-2-3-5-8(7)10(9)13-14/h2-5H,6H2,1H3. The molecule has 1 aromatic heterocycles. The van der Waals surface area contributed by atoms with E-state index in [1.807, 2.05) is 13.1 Å². The van der Waals surface area contributed by atoms with Crippen LogP contribution >= 0.6 is 11.6 Å². The van der Waals surface area contributed by atoms with Crippen LogP contribution in [0, 0.1) is 0 Å². The van der Waals surface area contributed by atoms with Crippen molar-refractivity contribution in [1.82, 2.24) is 9.78 Å². The smallest absolute Gasteiger partial charge is 0.130 e.